The van der Waals surface area contributed by atoms with Crippen LogP contribution < -0.4 is 5.32 Å². The standard InChI is InChI=1S/C19H20N4O/c1-11-5-4-6-15-12(2)9-16(20-18(11)15)23-17(10-13(3)22-23)21-19(24)14-7-8-14/h4-6,9-10,14H,7-8H2,1-3H3,(H,21,24). The molecule has 1 aliphatic carbocycles. The van der Waals surface area contributed by atoms with E-state index < -0.39 is 0 Å². The average molecular weight is 320 g/mol. The van der Waals surface area contributed by atoms with Crippen LogP contribution in [0.25, 0.3) is 16.7 Å². The van der Waals surface area contributed by atoms with Crippen molar-refractivity contribution in [2.24, 2.45) is 5.92 Å². The van der Waals surface area contributed by atoms with Crippen LogP contribution in [0.5, 0.6) is 0 Å². The van der Waals surface area contributed by atoms with E-state index >= 15 is 0 Å². The molecular formula is C19H20N4O. The number of anilines is 1. The third-order valence-corrected chi connectivity index (χ3v) is 4.48. The smallest absolute Gasteiger partial charge is 0.228 e. The van der Waals surface area contributed by atoms with E-state index in [4.69, 9.17) is 4.98 Å². The Hall–Kier alpha value is -2.69. The van der Waals surface area contributed by atoms with Gasteiger partial charge in [-0.3, -0.25) is 4.79 Å². The molecule has 0 spiro atoms. The van der Waals surface area contributed by atoms with E-state index in [1.807, 2.05) is 25.1 Å². The van der Waals surface area contributed by atoms with Gasteiger partial charge in [-0.25, -0.2) is 4.98 Å². The second-order valence-electron chi connectivity index (χ2n) is 6.61. The fraction of sp³-hybridized carbons (Fsp3) is 0.316. The first-order valence-corrected chi connectivity index (χ1v) is 8.28. The first kappa shape index (κ1) is 14.9. The Bertz CT molecular complexity index is 953. The van der Waals surface area contributed by atoms with Gasteiger partial charge in [-0.05, 0) is 50.8 Å². The Labute approximate surface area is 140 Å². The number of hydrogen-bond donors (Lipinski definition) is 1. The molecule has 0 saturated heterocycles. The van der Waals surface area contributed by atoms with Gasteiger partial charge in [0.25, 0.3) is 0 Å². The topological polar surface area (TPSA) is 59.8 Å². The van der Waals surface area contributed by atoms with Crippen molar-refractivity contribution in [1.82, 2.24) is 14.8 Å². The molecule has 2 heterocycles. The summed E-state index contributed by atoms with van der Waals surface area (Å²) in [6, 6.07) is 10.1. The largest absolute Gasteiger partial charge is 0.310 e. The highest BCUT2D eigenvalue weighted by Crippen LogP contribution is 2.31. The van der Waals surface area contributed by atoms with Crippen LogP contribution in [0.2, 0.25) is 0 Å². The maximum absolute atomic E-state index is 12.1. The molecule has 1 aliphatic rings. The summed E-state index contributed by atoms with van der Waals surface area (Å²) >= 11 is 0. The Morgan fingerprint density at radius 3 is 2.71 bits per heavy atom. The van der Waals surface area contributed by atoms with Crippen molar-refractivity contribution in [1.29, 1.82) is 0 Å². The lowest BCUT2D eigenvalue weighted by molar-refractivity contribution is -0.117. The van der Waals surface area contributed by atoms with Gasteiger partial charge < -0.3 is 5.32 Å². The highest BCUT2D eigenvalue weighted by atomic mass is 16.2. The molecule has 1 saturated carbocycles. The molecule has 5 heteroatoms. The van der Waals surface area contributed by atoms with Crippen LogP contribution in [-0.2, 0) is 4.79 Å². The number of nitrogens with zero attached hydrogens (tertiary/aromatic N) is 3. The fourth-order valence-corrected chi connectivity index (χ4v) is 2.99. The van der Waals surface area contributed by atoms with E-state index in [0.29, 0.717) is 5.82 Å². The zero-order valence-corrected chi connectivity index (χ0v) is 14.1. The van der Waals surface area contributed by atoms with Crippen molar-refractivity contribution < 1.29 is 4.79 Å². The number of rotatable bonds is 3. The van der Waals surface area contributed by atoms with Gasteiger partial charge in [0.15, 0.2) is 5.82 Å². The number of benzene rings is 1. The maximum Gasteiger partial charge on any atom is 0.228 e. The number of amides is 1. The summed E-state index contributed by atoms with van der Waals surface area (Å²) in [6.45, 7) is 6.05. The SMILES string of the molecule is Cc1cc(NC(=O)C2CC2)n(-c2cc(C)c3cccc(C)c3n2)n1. The Morgan fingerprint density at radius 2 is 1.96 bits per heavy atom. The molecule has 1 aromatic carbocycles. The molecule has 1 amide bonds. The van der Waals surface area contributed by atoms with Crippen LogP contribution in [0.15, 0.2) is 30.3 Å². The summed E-state index contributed by atoms with van der Waals surface area (Å²) < 4.78 is 1.73. The highest BCUT2D eigenvalue weighted by molar-refractivity contribution is 5.93. The lowest BCUT2D eigenvalue weighted by Gasteiger charge is -2.11. The molecule has 1 fully saturated rings. The quantitative estimate of drug-likeness (QED) is 0.800. The third-order valence-electron chi connectivity index (χ3n) is 4.48. The monoisotopic (exact) mass is 320 g/mol. The highest BCUT2D eigenvalue weighted by Gasteiger charge is 2.30. The number of hydrogen-bond acceptors (Lipinski definition) is 3. The number of aromatic nitrogens is 3. The van der Waals surface area contributed by atoms with Crippen molar-refractivity contribution in [3.63, 3.8) is 0 Å². The number of aryl methyl sites for hydroxylation is 3. The van der Waals surface area contributed by atoms with E-state index in [0.717, 1.165) is 46.4 Å². The number of carbonyl (C=O) groups is 1. The second-order valence-corrected chi connectivity index (χ2v) is 6.61. The summed E-state index contributed by atoms with van der Waals surface area (Å²) in [7, 11) is 0. The number of nitrogens with one attached hydrogen (secondary N) is 1. The van der Waals surface area contributed by atoms with Crippen molar-refractivity contribution in [3.05, 3.63) is 47.2 Å². The summed E-state index contributed by atoms with van der Waals surface area (Å²) in [5, 5.41) is 8.67. The van der Waals surface area contributed by atoms with E-state index in [9.17, 15) is 4.79 Å². The molecule has 0 atom stereocenters. The van der Waals surface area contributed by atoms with Crippen LogP contribution in [0, 0.1) is 26.7 Å². The normalized spacial score (nSPS) is 14.1. The van der Waals surface area contributed by atoms with E-state index in [2.05, 4.69) is 36.4 Å². The van der Waals surface area contributed by atoms with Crippen LogP contribution in [0.1, 0.15) is 29.7 Å². The zero-order chi connectivity index (χ0) is 16.8. The molecule has 4 rings (SSSR count). The first-order valence-electron chi connectivity index (χ1n) is 8.28. The van der Waals surface area contributed by atoms with Gasteiger partial charge in [-0.15, -0.1) is 0 Å². The molecule has 0 radical (unpaired) electrons. The molecule has 24 heavy (non-hydrogen) atoms. The van der Waals surface area contributed by atoms with Crippen LogP contribution >= 0.6 is 0 Å². The van der Waals surface area contributed by atoms with Gasteiger partial charge in [0.1, 0.15) is 5.82 Å². The fourth-order valence-electron chi connectivity index (χ4n) is 2.99. The van der Waals surface area contributed by atoms with E-state index in [-0.39, 0.29) is 11.8 Å². The Balaban J connectivity index is 1.82. The van der Waals surface area contributed by atoms with Crippen molar-refractivity contribution in [3.8, 4) is 5.82 Å². The molecule has 3 aromatic rings. The zero-order valence-electron chi connectivity index (χ0n) is 14.1. The van der Waals surface area contributed by atoms with Gasteiger partial charge in [-0.1, -0.05) is 18.2 Å². The molecule has 5 nitrogen and oxygen atoms in total. The van der Waals surface area contributed by atoms with Crippen molar-refractivity contribution in [2.75, 3.05) is 5.32 Å². The van der Waals surface area contributed by atoms with Gasteiger partial charge in [-0.2, -0.15) is 9.78 Å². The molecule has 0 bridgehead atoms. The predicted molar refractivity (Wildman–Crippen MR) is 94.4 cm³/mol. The summed E-state index contributed by atoms with van der Waals surface area (Å²) in [6.07, 6.45) is 1.96. The summed E-state index contributed by atoms with van der Waals surface area (Å²) in [4.78, 5) is 16.9. The minimum Gasteiger partial charge on any atom is -0.310 e. The second kappa shape index (κ2) is 5.44. The van der Waals surface area contributed by atoms with E-state index in [1.165, 1.54) is 0 Å². The number of para-hydroxylation sites is 1. The lowest BCUT2D eigenvalue weighted by Crippen LogP contribution is -2.16. The minimum atomic E-state index is 0.0739. The number of carbonyl (C=O) groups excluding carboxylic acids is 1. The Morgan fingerprint density at radius 1 is 1.17 bits per heavy atom. The van der Waals surface area contributed by atoms with E-state index in [1.54, 1.807) is 4.68 Å². The molecular weight excluding hydrogens is 300 g/mol. The first-order chi connectivity index (χ1) is 11.5. The van der Waals surface area contributed by atoms with Gasteiger partial charge in [0.2, 0.25) is 5.91 Å². The molecule has 122 valence electrons. The molecule has 2 aromatic heterocycles. The van der Waals surface area contributed by atoms with Crippen LogP contribution in [0.4, 0.5) is 5.82 Å². The van der Waals surface area contributed by atoms with Crippen LogP contribution in [0.3, 0.4) is 0 Å². The van der Waals surface area contributed by atoms with Gasteiger partial charge >= 0.3 is 0 Å². The molecule has 0 aliphatic heterocycles. The number of fused-ring (bicyclic) bond motifs is 1. The van der Waals surface area contributed by atoms with Gasteiger partial charge in [0, 0.05) is 17.4 Å². The van der Waals surface area contributed by atoms with Crippen molar-refractivity contribution >= 4 is 22.6 Å². The Kier molecular flexibility index (Phi) is 3.37. The van der Waals surface area contributed by atoms with Gasteiger partial charge in [0.05, 0.1) is 11.2 Å². The summed E-state index contributed by atoms with van der Waals surface area (Å²) in [5.41, 5.74) is 4.10. The lowest BCUT2D eigenvalue weighted by atomic mass is 10.1. The molecule has 1 N–H and O–H groups in total. The molecule has 0 unspecified atom stereocenters. The van der Waals surface area contributed by atoms with Crippen LogP contribution in [-0.4, -0.2) is 20.7 Å². The maximum atomic E-state index is 12.1. The predicted octanol–water partition coefficient (Wildman–Crippen LogP) is 3.69. The number of pyridine rings is 1. The van der Waals surface area contributed by atoms with Crippen molar-refractivity contribution in [2.45, 2.75) is 33.6 Å². The summed E-state index contributed by atoms with van der Waals surface area (Å²) in [5.74, 6) is 1.64. The minimum absolute atomic E-state index is 0.0739. The third kappa shape index (κ3) is 2.56. The average Bonchev–Trinajstić information content (AvgIpc) is 3.32.